The van der Waals surface area contributed by atoms with Crippen LogP contribution < -0.4 is 0 Å². The Hall–Kier alpha value is -2.71. The topological polar surface area (TPSA) is 97.4 Å². The van der Waals surface area contributed by atoms with E-state index >= 15 is 0 Å². The van der Waals surface area contributed by atoms with Crippen LogP contribution in [0.15, 0.2) is 10.6 Å². The highest BCUT2D eigenvalue weighted by atomic mass is 16.5. The molecule has 1 saturated heterocycles. The van der Waals surface area contributed by atoms with Crippen molar-refractivity contribution in [1.82, 2.24) is 29.7 Å². The van der Waals surface area contributed by atoms with Gasteiger partial charge in [0.15, 0.2) is 11.5 Å². The summed E-state index contributed by atoms with van der Waals surface area (Å²) in [5.41, 5.74) is 1.41. The van der Waals surface area contributed by atoms with Crippen molar-refractivity contribution < 1.29 is 14.1 Å². The third-order valence-corrected chi connectivity index (χ3v) is 5.31. The van der Waals surface area contributed by atoms with Crippen LogP contribution in [0, 0.1) is 12.8 Å². The highest BCUT2D eigenvalue weighted by molar-refractivity contribution is 5.93. The number of likely N-dealkylation sites (tertiary alicyclic amines) is 1. The smallest absolute Gasteiger partial charge is 0.274 e. The normalized spacial score (nSPS) is 17.1. The molecular weight excluding hydrogens is 348 g/mol. The number of aromatic nitrogens is 4. The van der Waals surface area contributed by atoms with Gasteiger partial charge in [-0.05, 0) is 25.8 Å². The lowest BCUT2D eigenvalue weighted by Crippen LogP contribution is -2.48. The minimum atomic E-state index is -0.0742. The van der Waals surface area contributed by atoms with E-state index in [1.54, 1.807) is 20.5 Å². The van der Waals surface area contributed by atoms with Crippen LogP contribution in [0.2, 0.25) is 0 Å². The summed E-state index contributed by atoms with van der Waals surface area (Å²) in [4.78, 5) is 32.3. The van der Waals surface area contributed by atoms with Crippen LogP contribution >= 0.6 is 0 Å². The lowest BCUT2D eigenvalue weighted by atomic mass is 9.99. The van der Waals surface area contributed by atoms with Gasteiger partial charge in [0.1, 0.15) is 0 Å². The molecule has 0 radical (unpaired) electrons. The first-order valence-electron chi connectivity index (χ1n) is 9.29. The summed E-state index contributed by atoms with van der Waals surface area (Å²) in [5.74, 6) is 1.57. The molecule has 0 unspecified atom stereocenters. The quantitative estimate of drug-likeness (QED) is 0.743. The molecule has 0 aromatic carbocycles. The van der Waals surface area contributed by atoms with E-state index in [1.165, 1.54) is 0 Å². The monoisotopic (exact) mass is 372 g/mol. The van der Waals surface area contributed by atoms with E-state index in [2.05, 4.69) is 15.2 Å². The summed E-state index contributed by atoms with van der Waals surface area (Å²) >= 11 is 0. The van der Waals surface area contributed by atoms with Crippen LogP contribution in [0.1, 0.15) is 46.7 Å². The zero-order chi connectivity index (χ0) is 19.1. The molecule has 0 spiro atoms. The number of carbonyl (C=O) groups excluding carboxylic acids is 2. The zero-order valence-electron chi connectivity index (χ0n) is 15.9. The zero-order valence-corrected chi connectivity index (χ0v) is 15.9. The van der Waals surface area contributed by atoms with Crippen LogP contribution in [0.4, 0.5) is 0 Å². The van der Waals surface area contributed by atoms with Crippen molar-refractivity contribution in [1.29, 1.82) is 0 Å². The number of amides is 2. The Kier molecular flexibility index (Phi) is 4.45. The number of rotatable bonds is 6. The third-order valence-electron chi connectivity index (χ3n) is 5.31. The van der Waals surface area contributed by atoms with Crippen LogP contribution in [-0.2, 0) is 18.3 Å². The summed E-state index contributed by atoms with van der Waals surface area (Å²) in [5, 5.41) is 8.24. The van der Waals surface area contributed by atoms with Gasteiger partial charge in [0, 0.05) is 51.8 Å². The van der Waals surface area contributed by atoms with E-state index in [0.29, 0.717) is 43.5 Å². The van der Waals surface area contributed by atoms with Gasteiger partial charge in [0.2, 0.25) is 11.8 Å². The Morgan fingerprint density at radius 1 is 1.33 bits per heavy atom. The molecule has 0 bridgehead atoms. The van der Waals surface area contributed by atoms with E-state index in [1.807, 2.05) is 21.0 Å². The van der Waals surface area contributed by atoms with Crippen LogP contribution in [0.5, 0.6) is 0 Å². The molecule has 1 aliphatic heterocycles. The summed E-state index contributed by atoms with van der Waals surface area (Å²) in [6.07, 6.45) is 2.58. The van der Waals surface area contributed by atoms with E-state index in [0.717, 1.165) is 18.5 Å². The van der Waals surface area contributed by atoms with Crippen molar-refractivity contribution in [2.75, 3.05) is 26.7 Å². The molecule has 0 atom stereocenters. The molecule has 2 aromatic heterocycles. The Morgan fingerprint density at radius 3 is 2.70 bits per heavy atom. The second-order valence-electron chi connectivity index (χ2n) is 7.53. The van der Waals surface area contributed by atoms with Gasteiger partial charge < -0.3 is 14.3 Å². The predicted molar refractivity (Wildman–Crippen MR) is 95.0 cm³/mol. The van der Waals surface area contributed by atoms with Gasteiger partial charge in [-0.25, -0.2) is 0 Å². The first-order valence-corrected chi connectivity index (χ1v) is 9.29. The Bertz CT molecular complexity index is 843. The Labute approximate surface area is 157 Å². The molecule has 2 aromatic rings. The van der Waals surface area contributed by atoms with E-state index in [9.17, 15) is 9.59 Å². The summed E-state index contributed by atoms with van der Waals surface area (Å²) in [6, 6.07) is 1.79. The van der Waals surface area contributed by atoms with E-state index in [4.69, 9.17) is 4.52 Å². The molecule has 144 valence electrons. The first kappa shape index (κ1) is 17.7. The Morgan fingerprint density at radius 2 is 2.07 bits per heavy atom. The maximum absolute atomic E-state index is 12.4. The molecule has 0 N–H and O–H groups in total. The molecule has 27 heavy (non-hydrogen) atoms. The molecule has 2 fully saturated rings. The lowest BCUT2D eigenvalue weighted by Gasteiger charge is -2.36. The molecular formula is C18H24N6O3. The van der Waals surface area contributed by atoms with Gasteiger partial charge >= 0.3 is 0 Å². The summed E-state index contributed by atoms with van der Waals surface area (Å²) in [6.45, 7) is 3.60. The van der Waals surface area contributed by atoms with Crippen molar-refractivity contribution in [3.8, 4) is 0 Å². The van der Waals surface area contributed by atoms with Crippen molar-refractivity contribution in [3.63, 3.8) is 0 Å². The van der Waals surface area contributed by atoms with Crippen molar-refractivity contribution in [2.45, 2.75) is 32.1 Å². The standard InChI is InChI=1S/C18H24N6O3/c1-11-8-14(20-23(11)3)18(26)24-9-13(10-24)16-19-15(21-27-16)6-7-22(2)17(25)12-4-5-12/h8,12-13H,4-7,9-10H2,1-3H3. The van der Waals surface area contributed by atoms with Crippen molar-refractivity contribution in [3.05, 3.63) is 29.2 Å². The SMILES string of the molecule is Cc1cc(C(=O)N2CC(c3nc(CCN(C)C(=O)C4CC4)no3)C2)nn1C. The summed E-state index contributed by atoms with van der Waals surface area (Å²) in [7, 11) is 3.64. The van der Waals surface area contributed by atoms with Gasteiger partial charge in [0.05, 0.1) is 5.92 Å². The van der Waals surface area contributed by atoms with Crippen molar-refractivity contribution in [2.24, 2.45) is 13.0 Å². The van der Waals surface area contributed by atoms with Crippen LogP contribution in [0.25, 0.3) is 0 Å². The second-order valence-corrected chi connectivity index (χ2v) is 7.53. The highest BCUT2D eigenvalue weighted by Crippen LogP contribution is 2.30. The fraction of sp³-hybridized carbons (Fsp3) is 0.611. The second kappa shape index (κ2) is 6.79. The average molecular weight is 372 g/mol. The number of hydrogen-bond acceptors (Lipinski definition) is 6. The third kappa shape index (κ3) is 3.58. The fourth-order valence-electron chi connectivity index (χ4n) is 3.18. The predicted octanol–water partition coefficient (Wildman–Crippen LogP) is 0.762. The number of aryl methyl sites for hydroxylation is 2. The van der Waals surface area contributed by atoms with Gasteiger partial charge in [-0.3, -0.25) is 14.3 Å². The minimum absolute atomic E-state index is 0.0610. The molecule has 9 heteroatoms. The Balaban J connectivity index is 1.27. The molecule has 2 amide bonds. The number of likely N-dealkylation sites (N-methyl/N-ethyl adjacent to an activating group) is 1. The molecule has 1 saturated carbocycles. The first-order chi connectivity index (χ1) is 12.9. The minimum Gasteiger partial charge on any atom is -0.345 e. The van der Waals surface area contributed by atoms with Gasteiger partial charge in [-0.2, -0.15) is 10.1 Å². The number of nitrogens with zero attached hydrogens (tertiary/aromatic N) is 6. The fourth-order valence-corrected chi connectivity index (χ4v) is 3.18. The van der Waals surface area contributed by atoms with E-state index < -0.39 is 0 Å². The average Bonchev–Trinajstić information content (AvgIpc) is 3.27. The molecule has 3 heterocycles. The van der Waals surface area contributed by atoms with Gasteiger partial charge in [-0.1, -0.05) is 5.16 Å². The van der Waals surface area contributed by atoms with Gasteiger partial charge in [-0.15, -0.1) is 0 Å². The molecule has 9 nitrogen and oxygen atoms in total. The molecule has 2 aliphatic rings. The maximum Gasteiger partial charge on any atom is 0.274 e. The maximum atomic E-state index is 12.4. The van der Waals surface area contributed by atoms with E-state index in [-0.39, 0.29) is 23.7 Å². The number of hydrogen-bond donors (Lipinski definition) is 0. The number of carbonyl (C=O) groups is 2. The van der Waals surface area contributed by atoms with Crippen LogP contribution in [0.3, 0.4) is 0 Å². The highest BCUT2D eigenvalue weighted by Gasteiger charge is 2.37. The molecule has 4 rings (SSSR count). The lowest BCUT2D eigenvalue weighted by molar-refractivity contribution is -0.131. The largest absolute Gasteiger partial charge is 0.345 e. The van der Waals surface area contributed by atoms with Crippen LogP contribution in [-0.4, -0.2) is 68.2 Å². The van der Waals surface area contributed by atoms with Gasteiger partial charge in [0.25, 0.3) is 5.91 Å². The molecule has 1 aliphatic carbocycles. The summed E-state index contributed by atoms with van der Waals surface area (Å²) < 4.78 is 7.05. The van der Waals surface area contributed by atoms with Crippen molar-refractivity contribution >= 4 is 11.8 Å².